The molecular formula is C35H41FN4O9. The molecule has 14 heteroatoms. The van der Waals surface area contributed by atoms with Crippen molar-refractivity contribution in [2.45, 2.75) is 64.7 Å². The summed E-state index contributed by atoms with van der Waals surface area (Å²) in [5.74, 6) is -3.55. The first-order valence-corrected chi connectivity index (χ1v) is 16.1. The van der Waals surface area contributed by atoms with Crippen LogP contribution in [-0.4, -0.2) is 82.6 Å². The molecule has 1 fully saturated rings. The lowest BCUT2D eigenvalue weighted by Crippen LogP contribution is -2.44. The number of nitrogens with zero attached hydrogens (tertiary/aromatic N) is 2. The van der Waals surface area contributed by atoms with Gasteiger partial charge in [-0.05, 0) is 50.1 Å². The predicted octanol–water partition coefficient (Wildman–Crippen LogP) is 3.90. The maximum atomic E-state index is 13.6. The average Bonchev–Trinajstić information content (AvgIpc) is 3.74. The van der Waals surface area contributed by atoms with Gasteiger partial charge >= 0.3 is 12.1 Å². The second-order valence-electron chi connectivity index (χ2n) is 12.2. The zero-order valence-corrected chi connectivity index (χ0v) is 27.6. The summed E-state index contributed by atoms with van der Waals surface area (Å²) in [7, 11) is 0. The topological polar surface area (TPSA) is 177 Å². The van der Waals surface area contributed by atoms with Gasteiger partial charge in [-0.15, -0.1) is 0 Å². The van der Waals surface area contributed by atoms with E-state index in [1.54, 1.807) is 39.0 Å². The fourth-order valence-corrected chi connectivity index (χ4v) is 5.54. The molecule has 3 N–H and O–H groups in total. The molecule has 49 heavy (non-hydrogen) atoms. The van der Waals surface area contributed by atoms with E-state index >= 15 is 0 Å². The number of benzene rings is 1. The van der Waals surface area contributed by atoms with Gasteiger partial charge in [-0.3, -0.25) is 19.7 Å². The van der Waals surface area contributed by atoms with Gasteiger partial charge < -0.3 is 29.2 Å². The molecule has 0 saturated carbocycles. The van der Waals surface area contributed by atoms with Gasteiger partial charge in [0.2, 0.25) is 11.8 Å². The highest BCUT2D eigenvalue weighted by Crippen LogP contribution is 2.26. The first-order chi connectivity index (χ1) is 23.4. The molecule has 1 saturated heterocycles. The Hall–Kier alpha value is -5.11. The van der Waals surface area contributed by atoms with Gasteiger partial charge in [0.1, 0.15) is 30.0 Å². The third kappa shape index (κ3) is 11.0. The van der Waals surface area contributed by atoms with Crippen LogP contribution >= 0.6 is 0 Å². The summed E-state index contributed by atoms with van der Waals surface area (Å²) in [5, 5.41) is 15.6. The first kappa shape index (κ1) is 36.7. The van der Waals surface area contributed by atoms with Crippen LogP contribution in [0.4, 0.5) is 14.9 Å². The van der Waals surface area contributed by atoms with Crippen LogP contribution in [0, 0.1) is 17.7 Å². The molecule has 5 atom stereocenters. The number of halogens is 1. The molecule has 2 bridgehead atoms. The normalized spacial score (nSPS) is 24.3. The zero-order chi connectivity index (χ0) is 35.5. The minimum Gasteiger partial charge on any atom is -0.460 e. The van der Waals surface area contributed by atoms with E-state index in [9.17, 15) is 33.5 Å². The summed E-state index contributed by atoms with van der Waals surface area (Å²) < 4.78 is 30.0. The van der Waals surface area contributed by atoms with E-state index in [2.05, 4.69) is 15.6 Å². The molecule has 4 rings (SSSR count). The number of esters is 1. The van der Waals surface area contributed by atoms with Crippen molar-refractivity contribution in [1.29, 1.82) is 0 Å². The van der Waals surface area contributed by atoms with Gasteiger partial charge in [-0.2, -0.15) is 0 Å². The monoisotopic (exact) mass is 680 g/mol. The Morgan fingerprint density at radius 1 is 1.20 bits per heavy atom. The third-order valence-electron chi connectivity index (χ3n) is 8.02. The van der Waals surface area contributed by atoms with Crippen LogP contribution in [0.1, 0.15) is 56.4 Å². The number of fused-ring (bicyclic) bond motifs is 3. The standard InChI is InChI=1S/C35H41FN4O9/c1-21-6-4-14-37-30(43)13-8-22(2)32(23(3)19-48-35(46)38-25-11-9-24(36)10-12-25)49-34(45)29-7-5-15-40(29)33(44)28-20-47-31(39-28)18-27(42)17-26(41)16-21/h4,6,8-13,16,20,22-23,26,29,32,41H,5,7,14-15,17-19H2,1-3H3,(H,37,43)(H,38,46)/b6-4?,13-8+,21-16?. The molecule has 2 aliphatic heterocycles. The number of anilines is 1. The number of nitrogens with one attached hydrogen (secondary N) is 2. The number of aliphatic hydroxyl groups is 1. The summed E-state index contributed by atoms with van der Waals surface area (Å²) in [6.45, 7) is 5.47. The molecule has 0 aliphatic carbocycles. The molecular weight excluding hydrogens is 639 g/mol. The largest absolute Gasteiger partial charge is 0.460 e. The summed E-state index contributed by atoms with van der Waals surface area (Å²) in [6, 6.07) is 4.20. The molecule has 2 aliphatic rings. The highest BCUT2D eigenvalue weighted by atomic mass is 19.1. The maximum Gasteiger partial charge on any atom is 0.411 e. The Labute approximate surface area is 283 Å². The van der Waals surface area contributed by atoms with Gasteiger partial charge in [0.25, 0.3) is 5.91 Å². The van der Waals surface area contributed by atoms with Crippen molar-refractivity contribution in [3.63, 3.8) is 0 Å². The Morgan fingerprint density at radius 2 is 1.96 bits per heavy atom. The number of Topliss-reactive ketones (excluding diaryl/α,β-unsaturated/α-hetero) is 1. The quantitative estimate of drug-likeness (QED) is 0.402. The molecule has 1 aromatic carbocycles. The van der Waals surface area contributed by atoms with Crippen molar-refractivity contribution in [2.75, 3.05) is 25.0 Å². The molecule has 2 aromatic rings. The van der Waals surface area contributed by atoms with Gasteiger partial charge in [-0.1, -0.05) is 43.7 Å². The summed E-state index contributed by atoms with van der Waals surface area (Å²) in [6.07, 6.45) is 6.60. The van der Waals surface area contributed by atoms with Crippen LogP contribution in [0.2, 0.25) is 0 Å². The minimum atomic E-state index is -1.06. The van der Waals surface area contributed by atoms with E-state index in [1.807, 2.05) is 0 Å². The number of hydrogen-bond acceptors (Lipinski definition) is 10. The zero-order valence-electron chi connectivity index (χ0n) is 27.6. The predicted molar refractivity (Wildman–Crippen MR) is 175 cm³/mol. The molecule has 3 amide bonds. The number of carbonyl (C=O) groups is 5. The minimum absolute atomic E-state index is 0.00608. The Bertz CT molecular complexity index is 1600. The lowest BCUT2D eigenvalue weighted by molar-refractivity contribution is -0.159. The number of allylic oxidation sites excluding steroid dienone is 2. The Morgan fingerprint density at radius 3 is 2.71 bits per heavy atom. The van der Waals surface area contributed by atoms with Crippen molar-refractivity contribution < 1.29 is 47.4 Å². The van der Waals surface area contributed by atoms with Gasteiger partial charge in [-0.25, -0.2) is 19.0 Å². The van der Waals surface area contributed by atoms with Crippen molar-refractivity contribution >= 4 is 35.3 Å². The van der Waals surface area contributed by atoms with Crippen LogP contribution in [-0.2, 0) is 30.3 Å². The number of aliphatic hydroxyl groups excluding tert-OH is 1. The number of oxazole rings is 1. The summed E-state index contributed by atoms with van der Waals surface area (Å²) in [4.78, 5) is 70.1. The lowest BCUT2D eigenvalue weighted by atomic mass is 9.93. The second kappa shape index (κ2) is 17.3. The third-order valence-corrected chi connectivity index (χ3v) is 8.02. The number of amides is 3. The van der Waals surface area contributed by atoms with Crippen LogP contribution in [0.25, 0.3) is 0 Å². The van der Waals surface area contributed by atoms with E-state index in [1.165, 1.54) is 41.3 Å². The molecule has 1 aromatic heterocycles. The van der Waals surface area contributed by atoms with Crippen LogP contribution < -0.4 is 10.6 Å². The second-order valence-corrected chi connectivity index (χ2v) is 12.2. The highest BCUT2D eigenvalue weighted by Gasteiger charge is 2.39. The number of carbonyl (C=O) groups excluding carboxylic acids is 5. The number of ether oxygens (including phenoxy) is 2. The average molecular weight is 681 g/mol. The van der Waals surface area contributed by atoms with E-state index < -0.39 is 59.8 Å². The van der Waals surface area contributed by atoms with Gasteiger partial charge in [0.15, 0.2) is 5.69 Å². The van der Waals surface area contributed by atoms with E-state index in [0.717, 1.165) is 6.26 Å². The van der Waals surface area contributed by atoms with Gasteiger partial charge in [0, 0.05) is 37.0 Å². The van der Waals surface area contributed by atoms with Crippen molar-refractivity contribution in [3.8, 4) is 0 Å². The van der Waals surface area contributed by atoms with Crippen molar-refractivity contribution in [1.82, 2.24) is 15.2 Å². The molecule has 13 nitrogen and oxygen atoms in total. The van der Waals surface area contributed by atoms with E-state index in [-0.39, 0.29) is 49.9 Å². The van der Waals surface area contributed by atoms with Crippen molar-refractivity contribution in [2.24, 2.45) is 11.8 Å². The Kier molecular flexibility index (Phi) is 13.0. The van der Waals surface area contributed by atoms with Crippen LogP contribution in [0.5, 0.6) is 0 Å². The molecule has 3 heterocycles. The number of ketones is 1. The smallest absolute Gasteiger partial charge is 0.411 e. The fraction of sp³-hybridized carbons (Fsp3) is 0.429. The number of rotatable bonds is 4. The number of cyclic esters (lactones) is 1. The van der Waals surface area contributed by atoms with Crippen LogP contribution in [0.3, 0.4) is 0 Å². The Balaban J connectivity index is 1.54. The first-order valence-electron chi connectivity index (χ1n) is 16.1. The fourth-order valence-electron chi connectivity index (χ4n) is 5.54. The maximum absolute atomic E-state index is 13.6. The number of hydrogen-bond donors (Lipinski definition) is 3. The molecule has 262 valence electrons. The lowest BCUT2D eigenvalue weighted by Gasteiger charge is -2.30. The van der Waals surface area contributed by atoms with Crippen LogP contribution in [0.15, 0.2) is 70.9 Å². The van der Waals surface area contributed by atoms with E-state index in [0.29, 0.717) is 24.1 Å². The summed E-state index contributed by atoms with van der Waals surface area (Å²) in [5.41, 5.74) is 0.927. The molecule has 5 unspecified atom stereocenters. The van der Waals surface area contributed by atoms with E-state index in [4.69, 9.17) is 13.9 Å². The highest BCUT2D eigenvalue weighted by molar-refractivity contribution is 5.95. The number of aromatic nitrogens is 1. The SMILES string of the molecule is CC1=CC(O)CC(=O)Cc2nc(co2)C(=O)N2CCCC2C(=O)OC(C(C)COC(=O)Nc2ccc(F)cc2)C(C)/C=C/C(=O)NCC=C1. The van der Waals surface area contributed by atoms with Crippen molar-refractivity contribution in [3.05, 3.63) is 83.9 Å². The molecule has 0 radical (unpaired) electrons. The summed E-state index contributed by atoms with van der Waals surface area (Å²) >= 11 is 0. The van der Waals surface area contributed by atoms with Gasteiger partial charge in [0.05, 0.1) is 19.1 Å². The molecule has 0 spiro atoms.